The average molecular weight is 304 g/mol. The van der Waals surface area contributed by atoms with Crippen molar-refractivity contribution in [3.8, 4) is 0 Å². The predicted octanol–water partition coefficient (Wildman–Crippen LogP) is 4.17. The third-order valence-corrected chi connectivity index (χ3v) is 3.62. The highest BCUT2D eigenvalue weighted by atomic mass is 79.9. The van der Waals surface area contributed by atoms with Crippen molar-refractivity contribution in [3.63, 3.8) is 0 Å². The molecule has 0 saturated carbocycles. The summed E-state index contributed by atoms with van der Waals surface area (Å²) in [5.41, 5.74) is 2.23. The van der Waals surface area contributed by atoms with E-state index in [2.05, 4.69) is 37.7 Å². The van der Waals surface area contributed by atoms with Crippen molar-refractivity contribution < 1.29 is 0 Å². The Hall–Kier alpha value is -0.580. The SMILES string of the molecule is Clc1ccc(NCc2csc(Br)c2)cn1. The molecular weight excluding hydrogens is 296 g/mol. The van der Waals surface area contributed by atoms with Gasteiger partial charge in [-0.1, -0.05) is 11.6 Å². The molecule has 0 bridgehead atoms. The molecule has 15 heavy (non-hydrogen) atoms. The van der Waals surface area contributed by atoms with Gasteiger partial charge in [-0.25, -0.2) is 4.98 Å². The summed E-state index contributed by atoms with van der Waals surface area (Å²) in [6.45, 7) is 0.797. The van der Waals surface area contributed by atoms with Crippen molar-refractivity contribution in [1.82, 2.24) is 4.98 Å². The molecule has 0 aliphatic rings. The molecule has 0 aliphatic carbocycles. The van der Waals surface area contributed by atoms with Gasteiger partial charge in [0.25, 0.3) is 0 Å². The molecule has 0 fully saturated rings. The van der Waals surface area contributed by atoms with Crippen LogP contribution in [0.5, 0.6) is 0 Å². The van der Waals surface area contributed by atoms with Crippen LogP contribution < -0.4 is 5.32 Å². The zero-order valence-corrected chi connectivity index (χ0v) is 10.9. The monoisotopic (exact) mass is 302 g/mol. The number of thiophene rings is 1. The zero-order valence-electron chi connectivity index (χ0n) is 7.71. The minimum absolute atomic E-state index is 0.513. The van der Waals surface area contributed by atoms with Crippen molar-refractivity contribution in [3.05, 3.63) is 44.3 Å². The first kappa shape index (κ1) is 10.9. The van der Waals surface area contributed by atoms with E-state index in [1.54, 1.807) is 23.6 Å². The second-order valence-corrected chi connectivity index (χ2v) is 5.66. The number of nitrogens with zero attached hydrogens (tertiary/aromatic N) is 1. The normalized spacial score (nSPS) is 10.3. The van der Waals surface area contributed by atoms with Crippen LogP contribution >= 0.6 is 38.9 Å². The second kappa shape index (κ2) is 4.96. The van der Waals surface area contributed by atoms with Crippen LogP contribution in [0.2, 0.25) is 5.15 Å². The smallest absolute Gasteiger partial charge is 0.129 e. The van der Waals surface area contributed by atoms with Crippen molar-refractivity contribution in [2.24, 2.45) is 0 Å². The number of nitrogens with one attached hydrogen (secondary N) is 1. The van der Waals surface area contributed by atoms with Gasteiger partial charge in [-0.3, -0.25) is 0 Å². The number of hydrogen-bond acceptors (Lipinski definition) is 3. The molecule has 1 N–H and O–H groups in total. The van der Waals surface area contributed by atoms with E-state index in [1.165, 1.54) is 5.56 Å². The van der Waals surface area contributed by atoms with Crippen LogP contribution in [-0.4, -0.2) is 4.98 Å². The largest absolute Gasteiger partial charge is 0.380 e. The molecule has 2 nitrogen and oxygen atoms in total. The van der Waals surface area contributed by atoms with Gasteiger partial charge in [0.15, 0.2) is 0 Å². The van der Waals surface area contributed by atoms with E-state index < -0.39 is 0 Å². The van der Waals surface area contributed by atoms with Crippen LogP contribution in [0.1, 0.15) is 5.56 Å². The Kier molecular flexibility index (Phi) is 3.61. The molecule has 2 aromatic rings. The fourth-order valence-electron chi connectivity index (χ4n) is 1.12. The Balaban J connectivity index is 1.96. The molecule has 0 spiro atoms. The van der Waals surface area contributed by atoms with Crippen molar-refractivity contribution in [1.29, 1.82) is 0 Å². The zero-order chi connectivity index (χ0) is 10.7. The number of halogens is 2. The summed E-state index contributed by atoms with van der Waals surface area (Å²) >= 11 is 10.8. The Morgan fingerprint density at radius 1 is 1.47 bits per heavy atom. The lowest BCUT2D eigenvalue weighted by Crippen LogP contribution is -1.97. The second-order valence-electron chi connectivity index (χ2n) is 2.98. The van der Waals surface area contributed by atoms with E-state index in [1.807, 2.05) is 6.07 Å². The van der Waals surface area contributed by atoms with E-state index >= 15 is 0 Å². The van der Waals surface area contributed by atoms with Crippen LogP contribution in [0, 0.1) is 0 Å². The standard InChI is InChI=1S/C10H8BrClN2S/c11-9-3-7(6-15-9)4-13-8-1-2-10(12)14-5-8/h1-3,5-6,13H,4H2. The van der Waals surface area contributed by atoms with Gasteiger partial charge >= 0.3 is 0 Å². The average Bonchev–Trinajstić information content (AvgIpc) is 2.64. The highest BCUT2D eigenvalue weighted by Crippen LogP contribution is 2.21. The number of rotatable bonds is 3. The maximum atomic E-state index is 5.69. The molecule has 0 aliphatic heterocycles. The van der Waals surface area contributed by atoms with Gasteiger partial charge in [-0.2, -0.15) is 0 Å². The molecule has 2 aromatic heterocycles. The molecule has 2 rings (SSSR count). The van der Waals surface area contributed by atoms with Crippen molar-refractivity contribution in [2.45, 2.75) is 6.54 Å². The quantitative estimate of drug-likeness (QED) is 0.861. The molecular formula is C10H8BrClN2S. The highest BCUT2D eigenvalue weighted by molar-refractivity contribution is 9.11. The Bertz CT molecular complexity index is 441. The van der Waals surface area contributed by atoms with E-state index in [-0.39, 0.29) is 0 Å². The summed E-state index contributed by atoms with van der Waals surface area (Å²) in [5, 5.41) is 5.89. The molecule has 0 radical (unpaired) electrons. The summed E-state index contributed by atoms with van der Waals surface area (Å²) in [5.74, 6) is 0. The number of aromatic nitrogens is 1. The van der Waals surface area contributed by atoms with E-state index in [0.717, 1.165) is 16.0 Å². The topological polar surface area (TPSA) is 24.9 Å². The minimum Gasteiger partial charge on any atom is -0.380 e. The van der Waals surface area contributed by atoms with Gasteiger partial charge in [0.05, 0.1) is 15.7 Å². The highest BCUT2D eigenvalue weighted by Gasteiger charge is 1.97. The van der Waals surface area contributed by atoms with Crippen LogP contribution in [0.25, 0.3) is 0 Å². The summed E-state index contributed by atoms with van der Waals surface area (Å²) < 4.78 is 1.15. The van der Waals surface area contributed by atoms with Gasteiger partial charge in [0.1, 0.15) is 5.15 Å². The first-order valence-electron chi connectivity index (χ1n) is 4.32. The Labute approximate surface area is 105 Å². The predicted molar refractivity (Wildman–Crippen MR) is 68.6 cm³/mol. The van der Waals surface area contributed by atoms with Gasteiger partial charge in [0, 0.05) is 6.54 Å². The molecule has 0 atom stereocenters. The van der Waals surface area contributed by atoms with Crippen molar-refractivity contribution in [2.75, 3.05) is 5.32 Å². The minimum atomic E-state index is 0.513. The van der Waals surface area contributed by atoms with E-state index in [4.69, 9.17) is 11.6 Å². The van der Waals surface area contributed by atoms with Gasteiger partial charge in [-0.15, -0.1) is 11.3 Å². The molecule has 0 amide bonds. The number of anilines is 1. The van der Waals surface area contributed by atoms with Crippen LogP contribution in [0.4, 0.5) is 5.69 Å². The summed E-state index contributed by atoms with van der Waals surface area (Å²) in [7, 11) is 0. The summed E-state index contributed by atoms with van der Waals surface area (Å²) in [6.07, 6.45) is 1.73. The fraction of sp³-hybridized carbons (Fsp3) is 0.100. The molecule has 0 unspecified atom stereocenters. The first-order valence-corrected chi connectivity index (χ1v) is 6.37. The van der Waals surface area contributed by atoms with Gasteiger partial charge in [-0.05, 0) is 45.1 Å². The van der Waals surface area contributed by atoms with Crippen molar-refractivity contribution >= 4 is 44.6 Å². The molecule has 5 heteroatoms. The van der Waals surface area contributed by atoms with E-state index in [9.17, 15) is 0 Å². The maximum Gasteiger partial charge on any atom is 0.129 e. The molecule has 2 heterocycles. The lowest BCUT2D eigenvalue weighted by atomic mass is 10.3. The molecule has 0 aromatic carbocycles. The Morgan fingerprint density at radius 2 is 2.33 bits per heavy atom. The number of pyridine rings is 1. The molecule has 78 valence electrons. The lowest BCUT2D eigenvalue weighted by Gasteiger charge is -2.03. The lowest BCUT2D eigenvalue weighted by molar-refractivity contribution is 1.15. The van der Waals surface area contributed by atoms with Crippen LogP contribution in [0.15, 0.2) is 33.6 Å². The van der Waals surface area contributed by atoms with Gasteiger partial charge in [0.2, 0.25) is 0 Å². The summed E-state index contributed by atoms with van der Waals surface area (Å²) in [4.78, 5) is 3.99. The first-order chi connectivity index (χ1) is 7.24. The van der Waals surface area contributed by atoms with Crippen LogP contribution in [0.3, 0.4) is 0 Å². The third-order valence-electron chi connectivity index (χ3n) is 1.85. The number of hydrogen-bond donors (Lipinski definition) is 1. The third kappa shape index (κ3) is 3.19. The maximum absolute atomic E-state index is 5.69. The molecule has 0 saturated heterocycles. The fourth-order valence-corrected chi connectivity index (χ4v) is 2.44. The summed E-state index contributed by atoms with van der Waals surface area (Å²) in [6, 6.07) is 5.78. The van der Waals surface area contributed by atoms with Crippen LogP contribution in [-0.2, 0) is 6.54 Å². The Morgan fingerprint density at radius 3 is 2.93 bits per heavy atom. The van der Waals surface area contributed by atoms with E-state index in [0.29, 0.717) is 5.15 Å². The van der Waals surface area contributed by atoms with Gasteiger partial charge < -0.3 is 5.32 Å².